The third-order valence-corrected chi connectivity index (χ3v) is 3.79. The number of pyridine rings is 1. The Labute approximate surface area is 119 Å². The number of amides is 1. The Bertz CT molecular complexity index is 525. The van der Waals surface area contributed by atoms with Gasteiger partial charge >= 0.3 is 0 Å². The minimum Gasteiger partial charge on any atom is -0.384 e. The highest BCUT2D eigenvalue weighted by atomic mass is 16.2. The lowest BCUT2D eigenvalue weighted by molar-refractivity contribution is 0.0922. The minimum atomic E-state index is -0.228. The minimum absolute atomic E-state index is 0.158. The van der Waals surface area contributed by atoms with Crippen molar-refractivity contribution in [2.75, 3.05) is 6.61 Å². The summed E-state index contributed by atoms with van der Waals surface area (Å²) in [6.45, 7) is 1.82. The third-order valence-electron chi connectivity index (χ3n) is 3.79. The van der Waals surface area contributed by atoms with E-state index in [4.69, 9.17) is 5.11 Å². The molecule has 1 atom stereocenters. The van der Waals surface area contributed by atoms with Gasteiger partial charge in [-0.1, -0.05) is 24.7 Å². The van der Waals surface area contributed by atoms with E-state index in [0.717, 1.165) is 0 Å². The van der Waals surface area contributed by atoms with Crippen LogP contribution in [0.25, 0.3) is 0 Å². The number of aliphatic hydroxyl groups is 1. The summed E-state index contributed by atoms with van der Waals surface area (Å²) in [4.78, 5) is 16.4. The first-order valence-corrected chi connectivity index (χ1v) is 7.08. The first kappa shape index (κ1) is 14.5. The molecule has 0 spiro atoms. The fourth-order valence-corrected chi connectivity index (χ4v) is 2.67. The molecule has 2 rings (SSSR count). The fraction of sp³-hybridized carbons (Fsp3) is 0.500. The highest BCUT2D eigenvalue weighted by molar-refractivity contribution is 5.94. The van der Waals surface area contributed by atoms with E-state index in [1.165, 1.54) is 25.7 Å². The summed E-state index contributed by atoms with van der Waals surface area (Å²) in [7, 11) is 0. The molecule has 1 aromatic rings. The SMILES string of the molecule is CC(NC(=O)c1ncccc1C#CCO)C1CCCC1. The van der Waals surface area contributed by atoms with Gasteiger partial charge in [-0.05, 0) is 37.8 Å². The summed E-state index contributed by atoms with van der Waals surface area (Å²) in [5, 5.41) is 11.8. The van der Waals surface area contributed by atoms with Gasteiger partial charge in [0.15, 0.2) is 0 Å². The molecule has 2 N–H and O–H groups in total. The first-order chi connectivity index (χ1) is 9.72. The Morgan fingerprint density at radius 3 is 3.00 bits per heavy atom. The van der Waals surface area contributed by atoms with Crippen LogP contribution in [0.1, 0.15) is 48.7 Å². The zero-order valence-corrected chi connectivity index (χ0v) is 11.7. The molecule has 1 saturated carbocycles. The smallest absolute Gasteiger partial charge is 0.271 e. The van der Waals surface area contributed by atoms with Crippen LogP contribution in [0.15, 0.2) is 18.3 Å². The summed E-state index contributed by atoms with van der Waals surface area (Å²) in [5.74, 6) is 5.69. The zero-order chi connectivity index (χ0) is 14.4. The number of hydrogen-bond acceptors (Lipinski definition) is 3. The van der Waals surface area contributed by atoms with E-state index < -0.39 is 0 Å². The standard InChI is InChI=1S/C16H20N2O2/c1-12(13-6-2-3-7-13)18-16(20)15-14(9-5-11-19)8-4-10-17-15/h4,8,10,12-13,19H,2-3,6-7,11H2,1H3,(H,18,20). The predicted octanol–water partition coefficient (Wildman–Crippen LogP) is 1.73. The van der Waals surface area contributed by atoms with Crippen molar-refractivity contribution in [3.8, 4) is 11.8 Å². The van der Waals surface area contributed by atoms with Crippen molar-refractivity contribution in [2.24, 2.45) is 5.92 Å². The largest absolute Gasteiger partial charge is 0.384 e. The first-order valence-electron chi connectivity index (χ1n) is 7.08. The average Bonchev–Trinajstić information content (AvgIpc) is 2.99. The van der Waals surface area contributed by atoms with Crippen LogP contribution in [0.4, 0.5) is 0 Å². The molecular formula is C16H20N2O2. The maximum atomic E-state index is 12.3. The molecule has 0 aliphatic heterocycles. The normalized spacial score (nSPS) is 16.3. The van der Waals surface area contributed by atoms with Crippen LogP contribution in [-0.4, -0.2) is 28.6 Å². The Morgan fingerprint density at radius 1 is 1.55 bits per heavy atom. The molecule has 0 radical (unpaired) electrons. The average molecular weight is 272 g/mol. The predicted molar refractivity (Wildman–Crippen MR) is 77.1 cm³/mol. The molecule has 1 aromatic heterocycles. The van der Waals surface area contributed by atoms with Gasteiger partial charge in [0.2, 0.25) is 0 Å². The van der Waals surface area contributed by atoms with E-state index in [0.29, 0.717) is 17.2 Å². The molecule has 1 amide bonds. The fourth-order valence-electron chi connectivity index (χ4n) is 2.67. The van der Waals surface area contributed by atoms with E-state index >= 15 is 0 Å². The lowest BCUT2D eigenvalue weighted by Crippen LogP contribution is -2.37. The van der Waals surface area contributed by atoms with Gasteiger partial charge in [-0.3, -0.25) is 4.79 Å². The number of carbonyl (C=O) groups is 1. The Balaban J connectivity index is 2.08. The van der Waals surface area contributed by atoms with Gasteiger partial charge in [-0.2, -0.15) is 0 Å². The van der Waals surface area contributed by atoms with Crippen molar-refractivity contribution in [3.05, 3.63) is 29.6 Å². The molecule has 1 fully saturated rings. The number of hydrogen-bond donors (Lipinski definition) is 2. The summed E-state index contributed by atoms with van der Waals surface area (Å²) >= 11 is 0. The number of aromatic nitrogens is 1. The Morgan fingerprint density at radius 2 is 2.30 bits per heavy atom. The van der Waals surface area contributed by atoms with Crippen LogP contribution in [0.2, 0.25) is 0 Å². The van der Waals surface area contributed by atoms with Gasteiger partial charge < -0.3 is 10.4 Å². The number of nitrogens with one attached hydrogen (secondary N) is 1. The maximum Gasteiger partial charge on any atom is 0.271 e. The van der Waals surface area contributed by atoms with Gasteiger partial charge in [-0.15, -0.1) is 0 Å². The Hall–Kier alpha value is -1.86. The van der Waals surface area contributed by atoms with Crippen LogP contribution in [0, 0.1) is 17.8 Å². The summed E-state index contributed by atoms with van der Waals surface area (Å²) < 4.78 is 0. The highest BCUT2D eigenvalue weighted by Gasteiger charge is 2.24. The number of carbonyl (C=O) groups excluding carboxylic acids is 1. The molecule has 1 unspecified atom stereocenters. The van der Waals surface area contributed by atoms with Crippen molar-refractivity contribution in [1.29, 1.82) is 0 Å². The monoisotopic (exact) mass is 272 g/mol. The van der Waals surface area contributed by atoms with E-state index in [-0.39, 0.29) is 18.6 Å². The molecule has 1 aliphatic carbocycles. The summed E-state index contributed by atoms with van der Waals surface area (Å²) in [5.41, 5.74) is 0.885. The van der Waals surface area contributed by atoms with Crippen molar-refractivity contribution in [2.45, 2.75) is 38.6 Å². The molecule has 0 bridgehead atoms. The van der Waals surface area contributed by atoms with Crippen molar-refractivity contribution >= 4 is 5.91 Å². The molecule has 0 saturated heterocycles. The zero-order valence-electron chi connectivity index (χ0n) is 11.7. The number of aliphatic hydroxyl groups excluding tert-OH is 1. The van der Waals surface area contributed by atoms with E-state index in [1.54, 1.807) is 18.3 Å². The second-order valence-corrected chi connectivity index (χ2v) is 5.17. The lowest BCUT2D eigenvalue weighted by Gasteiger charge is -2.20. The molecule has 20 heavy (non-hydrogen) atoms. The highest BCUT2D eigenvalue weighted by Crippen LogP contribution is 2.27. The van der Waals surface area contributed by atoms with Crippen molar-refractivity contribution in [1.82, 2.24) is 10.3 Å². The number of nitrogens with zero attached hydrogens (tertiary/aromatic N) is 1. The number of rotatable bonds is 3. The van der Waals surface area contributed by atoms with E-state index in [2.05, 4.69) is 29.1 Å². The summed E-state index contributed by atoms with van der Waals surface area (Å²) in [6, 6.07) is 3.63. The van der Waals surface area contributed by atoms with Gasteiger partial charge in [0, 0.05) is 12.2 Å². The molecule has 1 aliphatic rings. The molecule has 1 heterocycles. The molecule has 4 heteroatoms. The quantitative estimate of drug-likeness (QED) is 0.824. The van der Waals surface area contributed by atoms with Crippen LogP contribution < -0.4 is 5.32 Å². The second-order valence-electron chi connectivity index (χ2n) is 5.17. The van der Waals surface area contributed by atoms with Gasteiger partial charge in [0.1, 0.15) is 12.3 Å². The van der Waals surface area contributed by atoms with Crippen LogP contribution in [0.3, 0.4) is 0 Å². The van der Waals surface area contributed by atoms with Gasteiger partial charge in [0.05, 0.1) is 5.56 Å². The third kappa shape index (κ3) is 3.58. The van der Waals surface area contributed by atoms with Crippen LogP contribution in [-0.2, 0) is 0 Å². The lowest BCUT2D eigenvalue weighted by atomic mass is 9.99. The second kappa shape index (κ2) is 7.06. The van der Waals surface area contributed by atoms with Gasteiger partial charge in [0.25, 0.3) is 5.91 Å². The molecular weight excluding hydrogens is 252 g/mol. The van der Waals surface area contributed by atoms with E-state index in [9.17, 15) is 4.79 Å². The molecule has 4 nitrogen and oxygen atoms in total. The van der Waals surface area contributed by atoms with Crippen molar-refractivity contribution < 1.29 is 9.90 Å². The summed E-state index contributed by atoms with van der Waals surface area (Å²) in [6.07, 6.45) is 6.45. The Kier molecular flexibility index (Phi) is 5.14. The van der Waals surface area contributed by atoms with Gasteiger partial charge in [-0.25, -0.2) is 4.98 Å². The van der Waals surface area contributed by atoms with Crippen molar-refractivity contribution in [3.63, 3.8) is 0 Å². The van der Waals surface area contributed by atoms with E-state index in [1.807, 2.05) is 0 Å². The topological polar surface area (TPSA) is 62.2 Å². The van der Waals surface area contributed by atoms with Crippen LogP contribution >= 0.6 is 0 Å². The molecule has 106 valence electrons. The van der Waals surface area contributed by atoms with Crippen LogP contribution in [0.5, 0.6) is 0 Å². The molecule has 0 aromatic carbocycles. The maximum absolute atomic E-state index is 12.3.